The van der Waals surface area contributed by atoms with Crippen LogP contribution < -0.4 is 4.90 Å². The minimum absolute atomic E-state index is 0.346. The Morgan fingerprint density at radius 1 is 1.12 bits per heavy atom. The topological polar surface area (TPSA) is 157 Å². The number of aromatic nitrogens is 2. The van der Waals surface area contributed by atoms with Gasteiger partial charge >= 0.3 is 18.0 Å². The monoisotopic (exact) mass is 474 g/mol. The molecule has 0 bridgehead atoms. The van der Waals surface area contributed by atoms with Crippen LogP contribution in [-0.4, -0.2) is 74.1 Å². The Kier molecular flexibility index (Phi) is 9.75. The number of carboxylic acid groups (broad SMARTS) is 3. The van der Waals surface area contributed by atoms with Crippen LogP contribution in [0.2, 0.25) is 0 Å². The minimum Gasteiger partial charge on any atom is -0.478 e. The summed E-state index contributed by atoms with van der Waals surface area (Å²) in [6.07, 6.45) is 2.16. The summed E-state index contributed by atoms with van der Waals surface area (Å²) < 4.78 is 5.26. The first kappa shape index (κ1) is 26.5. The van der Waals surface area contributed by atoms with Crippen molar-refractivity contribution in [2.45, 2.75) is 39.7 Å². The summed E-state index contributed by atoms with van der Waals surface area (Å²) in [6, 6.07) is 7.83. The Morgan fingerprint density at radius 2 is 1.71 bits per heavy atom. The number of carboxylic acids is 2. The van der Waals surface area contributed by atoms with Crippen molar-refractivity contribution in [3.05, 3.63) is 42.2 Å². The van der Waals surface area contributed by atoms with Gasteiger partial charge in [0.25, 0.3) is 5.89 Å². The molecule has 2 heterocycles. The van der Waals surface area contributed by atoms with Crippen LogP contribution in [0.4, 0.5) is 10.5 Å². The molecular weight excluding hydrogens is 444 g/mol. The van der Waals surface area contributed by atoms with Gasteiger partial charge in [0.1, 0.15) is 0 Å². The number of anilines is 1. The summed E-state index contributed by atoms with van der Waals surface area (Å²) >= 11 is 0. The fourth-order valence-electron chi connectivity index (χ4n) is 3.63. The lowest BCUT2D eigenvalue weighted by Crippen LogP contribution is -2.43. The standard InChI is InChI=1S/C19H26N4O3.C4H4O4/c1-13(2)22-10-8-15(9-11-22)12-23(19(24)25)17-7-5-4-6-16(17)18-20-14(3)21-26-18;5-3(6)1-2-4(7)8/h4-7,13,15H,8-12H2,1-3H3,(H,24,25);1-2H,(H,5,6)(H,7,8)/b;2-1-. The molecule has 0 saturated carbocycles. The highest BCUT2D eigenvalue weighted by Crippen LogP contribution is 2.31. The van der Waals surface area contributed by atoms with Gasteiger partial charge in [-0.25, -0.2) is 14.4 Å². The molecule has 11 heteroatoms. The minimum atomic E-state index is -1.26. The molecule has 0 atom stereocenters. The van der Waals surface area contributed by atoms with Crippen molar-refractivity contribution in [1.29, 1.82) is 0 Å². The van der Waals surface area contributed by atoms with Gasteiger partial charge in [0.15, 0.2) is 5.82 Å². The van der Waals surface area contributed by atoms with Crippen molar-refractivity contribution in [3.63, 3.8) is 0 Å². The second-order valence-corrected chi connectivity index (χ2v) is 8.14. The van der Waals surface area contributed by atoms with E-state index in [-0.39, 0.29) is 0 Å². The molecule has 2 aromatic rings. The number of nitrogens with zero attached hydrogens (tertiary/aromatic N) is 4. The van der Waals surface area contributed by atoms with Crippen LogP contribution in [0.3, 0.4) is 0 Å². The lowest BCUT2D eigenvalue weighted by molar-refractivity contribution is -0.134. The van der Waals surface area contributed by atoms with E-state index in [0.29, 0.717) is 53.6 Å². The third-order valence-electron chi connectivity index (χ3n) is 5.37. The number of benzene rings is 1. The molecule has 1 aromatic heterocycles. The highest BCUT2D eigenvalue weighted by atomic mass is 16.5. The van der Waals surface area contributed by atoms with Crippen molar-refractivity contribution >= 4 is 23.7 Å². The van der Waals surface area contributed by atoms with Crippen molar-refractivity contribution in [2.24, 2.45) is 5.92 Å². The van der Waals surface area contributed by atoms with E-state index in [1.54, 1.807) is 13.0 Å². The fraction of sp³-hybridized carbons (Fsp3) is 0.435. The number of rotatable bonds is 7. The maximum atomic E-state index is 12.0. The van der Waals surface area contributed by atoms with E-state index in [9.17, 15) is 19.5 Å². The molecule has 1 amide bonds. The smallest absolute Gasteiger partial charge is 0.411 e. The third-order valence-corrected chi connectivity index (χ3v) is 5.37. The van der Waals surface area contributed by atoms with Gasteiger partial charge in [0.2, 0.25) is 0 Å². The molecule has 0 spiro atoms. The van der Waals surface area contributed by atoms with Crippen LogP contribution in [0.1, 0.15) is 32.5 Å². The number of hydrogen-bond acceptors (Lipinski definition) is 7. The number of piperidine rings is 1. The zero-order chi connectivity index (χ0) is 25.3. The van der Waals surface area contributed by atoms with Gasteiger partial charge in [-0.3, -0.25) is 4.90 Å². The third kappa shape index (κ3) is 8.00. The number of carbonyl (C=O) groups is 3. The summed E-state index contributed by atoms with van der Waals surface area (Å²) in [7, 11) is 0. The van der Waals surface area contributed by atoms with E-state index in [1.165, 1.54) is 4.90 Å². The molecule has 3 rings (SSSR count). The van der Waals surface area contributed by atoms with E-state index < -0.39 is 18.0 Å². The Balaban J connectivity index is 0.000000440. The maximum absolute atomic E-state index is 12.0. The number of hydrogen-bond donors (Lipinski definition) is 3. The predicted molar refractivity (Wildman–Crippen MR) is 124 cm³/mol. The Hall–Kier alpha value is -3.73. The second kappa shape index (κ2) is 12.5. The fourth-order valence-corrected chi connectivity index (χ4v) is 3.63. The van der Waals surface area contributed by atoms with Crippen LogP contribution in [0.25, 0.3) is 11.5 Å². The van der Waals surface area contributed by atoms with Gasteiger partial charge in [-0.2, -0.15) is 4.98 Å². The van der Waals surface area contributed by atoms with Crippen LogP contribution in [-0.2, 0) is 9.59 Å². The average molecular weight is 475 g/mol. The van der Waals surface area contributed by atoms with Gasteiger partial charge in [0, 0.05) is 24.7 Å². The molecule has 184 valence electrons. The summed E-state index contributed by atoms with van der Waals surface area (Å²) in [5.41, 5.74) is 1.24. The molecule has 1 aliphatic heterocycles. The van der Waals surface area contributed by atoms with Crippen LogP contribution in [0, 0.1) is 12.8 Å². The number of aryl methyl sites for hydroxylation is 1. The molecule has 3 N–H and O–H groups in total. The summed E-state index contributed by atoms with van der Waals surface area (Å²) in [5, 5.41) is 29.3. The SMILES string of the molecule is Cc1noc(-c2ccccc2N(CC2CCN(C(C)C)CC2)C(=O)O)n1.O=C(O)/C=C\C(=O)O. The lowest BCUT2D eigenvalue weighted by atomic mass is 9.95. The van der Waals surface area contributed by atoms with Crippen LogP contribution in [0.5, 0.6) is 0 Å². The van der Waals surface area contributed by atoms with Crippen molar-refractivity contribution in [1.82, 2.24) is 15.0 Å². The molecule has 1 saturated heterocycles. The molecule has 0 aliphatic carbocycles. The number of para-hydroxylation sites is 1. The molecule has 1 aliphatic rings. The van der Waals surface area contributed by atoms with Gasteiger partial charge < -0.3 is 24.7 Å². The Bertz CT molecular complexity index is 994. The molecule has 1 fully saturated rings. The normalized spacial score (nSPS) is 14.6. The van der Waals surface area contributed by atoms with Crippen molar-refractivity contribution in [2.75, 3.05) is 24.5 Å². The highest BCUT2D eigenvalue weighted by Gasteiger charge is 2.27. The van der Waals surface area contributed by atoms with E-state index in [2.05, 4.69) is 28.9 Å². The van der Waals surface area contributed by atoms with E-state index >= 15 is 0 Å². The lowest BCUT2D eigenvalue weighted by Gasteiger charge is -2.36. The van der Waals surface area contributed by atoms with Crippen molar-refractivity contribution < 1.29 is 34.2 Å². The molecule has 1 aromatic carbocycles. The van der Waals surface area contributed by atoms with Gasteiger partial charge in [-0.15, -0.1) is 0 Å². The summed E-state index contributed by atoms with van der Waals surface area (Å²) in [4.78, 5) is 39.2. The second-order valence-electron chi connectivity index (χ2n) is 8.14. The molecule has 0 unspecified atom stereocenters. The van der Waals surface area contributed by atoms with Crippen LogP contribution >= 0.6 is 0 Å². The first-order valence-electron chi connectivity index (χ1n) is 10.9. The number of likely N-dealkylation sites (tertiary alicyclic amines) is 1. The van der Waals surface area contributed by atoms with E-state index in [1.807, 2.05) is 18.2 Å². The molecular formula is C23H30N4O7. The number of amides is 1. The maximum Gasteiger partial charge on any atom is 0.411 e. The zero-order valence-corrected chi connectivity index (χ0v) is 19.4. The molecule has 34 heavy (non-hydrogen) atoms. The quantitative estimate of drug-likeness (QED) is 0.508. The number of aliphatic carboxylic acids is 2. The Morgan fingerprint density at radius 3 is 2.18 bits per heavy atom. The van der Waals surface area contributed by atoms with E-state index in [4.69, 9.17) is 14.7 Å². The van der Waals surface area contributed by atoms with Gasteiger partial charge in [-0.1, -0.05) is 17.3 Å². The Labute approximate surface area is 197 Å². The van der Waals surface area contributed by atoms with Crippen molar-refractivity contribution in [3.8, 4) is 11.5 Å². The average Bonchev–Trinajstić information content (AvgIpc) is 3.23. The largest absolute Gasteiger partial charge is 0.478 e. The van der Waals surface area contributed by atoms with Crippen LogP contribution in [0.15, 0.2) is 40.9 Å². The molecule has 0 radical (unpaired) electrons. The highest BCUT2D eigenvalue weighted by molar-refractivity contribution is 5.91. The summed E-state index contributed by atoms with van der Waals surface area (Å²) in [6.45, 7) is 8.65. The first-order chi connectivity index (χ1) is 16.1. The zero-order valence-electron chi connectivity index (χ0n) is 19.4. The summed E-state index contributed by atoms with van der Waals surface area (Å²) in [5.74, 6) is -1.30. The van der Waals surface area contributed by atoms with E-state index in [0.717, 1.165) is 25.9 Å². The van der Waals surface area contributed by atoms with Gasteiger partial charge in [-0.05, 0) is 64.8 Å². The predicted octanol–water partition coefficient (Wildman–Crippen LogP) is 3.36. The first-order valence-corrected chi connectivity index (χ1v) is 10.9. The van der Waals surface area contributed by atoms with Gasteiger partial charge in [0.05, 0.1) is 11.3 Å². The molecule has 11 nitrogen and oxygen atoms in total.